The molecule has 0 saturated carbocycles. The monoisotopic (exact) mass is 308 g/mol. The number of likely N-dealkylation sites (tertiary alicyclic amines) is 1. The SMILES string of the molecule is Cc1ccc(S(=O)(=O)N2CCC(N3CCCC3)C2)cc1C. The predicted octanol–water partition coefficient (Wildman–Crippen LogP) is 2.16. The Morgan fingerprint density at radius 1 is 1.05 bits per heavy atom. The van der Waals surface area contributed by atoms with Crippen molar-refractivity contribution < 1.29 is 8.42 Å². The lowest BCUT2D eigenvalue weighted by Gasteiger charge is -2.23. The van der Waals surface area contributed by atoms with Crippen molar-refractivity contribution in [2.24, 2.45) is 0 Å². The van der Waals surface area contributed by atoms with Crippen molar-refractivity contribution in [2.45, 2.75) is 44.0 Å². The van der Waals surface area contributed by atoms with Gasteiger partial charge in [-0.05, 0) is 69.5 Å². The van der Waals surface area contributed by atoms with Gasteiger partial charge in [0.25, 0.3) is 0 Å². The molecular weight excluding hydrogens is 284 g/mol. The zero-order valence-electron chi connectivity index (χ0n) is 12.9. The molecule has 0 radical (unpaired) electrons. The molecule has 0 bridgehead atoms. The smallest absolute Gasteiger partial charge is 0.243 e. The van der Waals surface area contributed by atoms with Crippen molar-refractivity contribution in [3.8, 4) is 0 Å². The van der Waals surface area contributed by atoms with Crippen LogP contribution < -0.4 is 0 Å². The Morgan fingerprint density at radius 2 is 1.76 bits per heavy atom. The zero-order chi connectivity index (χ0) is 15.0. The molecule has 1 aromatic rings. The van der Waals surface area contributed by atoms with E-state index in [4.69, 9.17) is 0 Å². The van der Waals surface area contributed by atoms with E-state index >= 15 is 0 Å². The maximum atomic E-state index is 12.8. The molecule has 1 unspecified atom stereocenters. The average molecular weight is 308 g/mol. The van der Waals surface area contributed by atoms with E-state index in [0.29, 0.717) is 24.0 Å². The highest BCUT2D eigenvalue weighted by Crippen LogP contribution is 2.26. The lowest BCUT2D eigenvalue weighted by Crippen LogP contribution is -2.37. The summed E-state index contributed by atoms with van der Waals surface area (Å²) >= 11 is 0. The Morgan fingerprint density at radius 3 is 2.43 bits per heavy atom. The number of rotatable bonds is 3. The molecule has 2 saturated heterocycles. The van der Waals surface area contributed by atoms with Crippen LogP contribution in [-0.4, -0.2) is 49.8 Å². The first-order valence-electron chi connectivity index (χ1n) is 7.80. The molecule has 116 valence electrons. The molecule has 0 spiro atoms. The van der Waals surface area contributed by atoms with Crippen molar-refractivity contribution in [3.05, 3.63) is 29.3 Å². The van der Waals surface area contributed by atoms with E-state index in [1.807, 2.05) is 19.9 Å². The lowest BCUT2D eigenvalue weighted by molar-refractivity contribution is 0.251. The fourth-order valence-corrected chi connectivity index (χ4v) is 4.94. The molecule has 5 heteroatoms. The molecule has 2 fully saturated rings. The number of nitrogens with zero attached hydrogens (tertiary/aromatic N) is 2. The third kappa shape index (κ3) is 2.87. The Bertz CT molecular complexity index is 621. The minimum absolute atomic E-state index is 0.411. The van der Waals surface area contributed by atoms with Crippen molar-refractivity contribution in [2.75, 3.05) is 26.2 Å². The second-order valence-corrected chi connectivity index (χ2v) is 8.23. The van der Waals surface area contributed by atoms with Crippen LogP contribution in [0.15, 0.2) is 23.1 Å². The summed E-state index contributed by atoms with van der Waals surface area (Å²) in [6, 6.07) is 5.85. The van der Waals surface area contributed by atoms with Crippen LogP contribution in [-0.2, 0) is 10.0 Å². The van der Waals surface area contributed by atoms with Gasteiger partial charge >= 0.3 is 0 Å². The fraction of sp³-hybridized carbons (Fsp3) is 0.625. The molecule has 1 atom stereocenters. The first-order chi connectivity index (χ1) is 9.98. The summed E-state index contributed by atoms with van der Waals surface area (Å²) in [5.41, 5.74) is 2.16. The van der Waals surface area contributed by atoms with Crippen LogP contribution in [0.1, 0.15) is 30.4 Å². The van der Waals surface area contributed by atoms with Crippen molar-refractivity contribution in [3.63, 3.8) is 0 Å². The molecule has 3 rings (SSSR count). The van der Waals surface area contributed by atoms with Crippen LogP contribution in [0.3, 0.4) is 0 Å². The van der Waals surface area contributed by atoms with Crippen LogP contribution in [0.25, 0.3) is 0 Å². The molecule has 21 heavy (non-hydrogen) atoms. The van der Waals surface area contributed by atoms with Gasteiger partial charge in [-0.2, -0.15) is 4.31 Å². The van der Waals surface area contributed by atoms with Gasteiger partial charge in [-0.15, -0.1) is 0 Å². The quantitative estimate of drug-likeness (QED) is 0.859. The maximum Gasteiger partial charge on any atom is 0.243 e. The standard InChI is InChI=1S/C16H24N2O2S/c1-13-5-6-16(11-14(13)2)21(19,20)18-10-7-15(12-18)17-8-3-4-9-17/h5-6,11,15H,3-4,7-10,12H2,1-2H3. The van der Waals surface area contributed by atoms with E-state index in [0.717, 1.165) is 30.6 Å². The summed E-state index contributed by atoms with van der Waals surface area (Å²) in [6.07, 6.45) is 3.46. The number of hydrogen-bond acceptors (Lipinski definition) is 3. The summed E-state index contributed by atoms with van der Waals surface area (Å²) in [7, 11) is -3.33. The van der Waals surface area contributed by atoms with Gasteiger partial charge in [0.2, 0.25) is 10.0 Å². The number of hydrogen-bond donors (Lipinski definition) is 0. The second-order valence-electron chi connectivity index (χ2n) is 6.29. The molecule has 2 aliphatic rings. The maximum absolute atomic E-state index is 12.8. The topological polar surface area (TPSA) is 40.6 Å². The summed E-state index contributed by atoms with van der Waals surface area (Å²) in [5.74, 6) is 0. The van der Waals surface area contributed by atoms with Gasteiger partial charge in [0, 0.05) is 19.1 Å². The first-order valence-corrected chi connectivity index (χ1v) is 9.24. The molecule has 2 heterocycles. The van der Waals surface area contributed by atoms with Crippen LogP contribution in [0.4, 0.5) is 0 Å². The minimum atomic E-state index is -3.33. The Balaban J connectivity index is 1.77. The Labute approximate surface area is 127 Å². The number of benzene rings is 1. The summed E-state index contributed by atoms with van der Waals surface area (Å²) < 4.78 is 27.2. The molecule has 2 aliphatic heterocycles. The highest BCUT2D eigenvalue weighted by atomic mass is 32.2. The predicted molar refractivity (Wildman–Crippen MR) is 83.9 cm³/mol. The molecule has 0 aromatic heterocycles. The number of aryl methyl sites for hydroxylation is 2. The lowest BCUT2D eigenvalue weighted by atomic mass is 10.1. The molecule has 0 amide bonds. The van der Waals surface area contributed by atoms with Crippen LogP contribution >= 0.6 is 0 Å². The van der Waals surface area contributed by atoms with E-state index in [9.17, 15) is 8.42 Å². The van der Waals surface area contributed by atoms with E-state index in [1.54, 1.807) is 16.4 Å². The van der Waals surface area contributed by atoms with Crippen LogP contribution in [0.5, 0.6) is 0 Å². The third-order valence-electron chi connectivity index (χ3n) is 4.90. The van der Waals surface area contributed by atoms with E-state index < -0.39 is 10.0 Å². The van der Waals surface area contributed by atoms with Gasteiger partial charge in [0.05, 0.1) is 4.90 Å². The second kappa shape index (κ2) is 5.71. The largest absolute Gasteiger partial charge is 0.299 e. The van der Waals surface area contributed by atoms with E-state index in [1.165, 1.54) is 12.8 Å². The average Bonchev–Trinajstić information content (AvgIpc) is 3.11. The Kier molecular flexibility index (Phi) is 4.08. The van der Waals surface area contributed by atoms with Gasteiger partial charge < -0.3 is 0 Å². The highest BCUT2D eigenvalue weighted by molar-refractivity contribution is 7.89. The van der Waals surface area contributed by atoms with Gasteiger partial charge in [0.15, 0.2) is 0 Å². The zero-order valence-corrected chi connectivity index (χ0v) is 13.7. The Hall–Kier alpha value is -0.910. The molecule has 4 nitrogen and oxygen atoms in total. The van der Waals surface area contributed by atoms with Crippen LogP contribution in [0, 0.1) is 13.8 Å². The van der Waals surface area contributed by atoms with Gasteiger partial charge in [-0.1, -0.05) is 6.07 Å². The first kappa shape index (κ1) is 15.0. The molecule has 0 N–H and O–H groups in total. The number of sulfonamides is 1. The fourth-order valence-electron chi connectivity index (χ4n) is 3.36. The normalized spacial score (nSPS) is 24.8. The van der Waals surface area contributed by atoms with E-state index in [2.05, 4.69) is 4.90 Å². The van der Waals surface area contributed by atoms with Crippen molar-refractivity contribution in [1.82, 2.24) is 9.21 Å². The van der Waals surface area contributed by atoms with Crippen molar-refractivity contribution in [1.29, 1.82) is 0 Å². The molecular formula is C16H24N2O2S. The highest BCUT2D eigenvalue weighted by Gasteiger charge is 2.35. The molecule has 1 aromatic carbocycles. The molecule has 0 aliphatic carbocycles. The van der Waals surface area contributed by atoms with Gasteiger partial charge in [-0.25, -0.2) is 8.42 Å². The minimum Gasteiger partial charge on any atom is -0.299 e. The van der Waals surface area contributed by atoms with Crippen LogP contribution in [0.2, 0.25) is 0 Å². The van der Waals surface area contributed by atoms with E-state index in [-0.39, 0.29) is 0 Å². The third-order valence-corrected chi connectivity index (χ3v) is 6.76. The van der Waals surface area contributed by atoms with Gasteiger partial charge in [0.1, 0.15) is 0 Å². The summed E-state index contributed by atoms with van der Waals surface area (Å²) in [6.45, 7) is 7.52. The summed E-state index contributed by atoms with van der Waals surface area (Å²) in [5, 5.41) is 0. The van der Waals surface area contributed by atoms with Crippen molar-refractivity contribution >= 4 is 10.0 Å². The van der Waals surface area contributed by atoms with Gasteiger partial charge in [-0.3, -0.25) is 4.90 Å². The summed E-state index contributed by atoms with van der Waals surface area (Å²) in [4.78, 5) is 2.89.